The van der Waals surface area contributed by atoms with Gasteiger partial charge in [0.2, 0.25) is 0 Å². The zero-order valence-corrected chi connectivity index (χ0v) is 18.3. The molecule has 0 amide bonds. The lowest BCUT2D eigenvalue weighted by molar-refractivity contribution is 0.451. The second-order valence-corrected chi connectivity index (χ2v) is 8.54. The quantitative estimate of drug-likeness (QED) is 0.199. The Kier molecular flexibility index (Phi) is 19.9. The van der Waals surface area contributed by atoms with Crippen LogP contribution in [0.2, 0.25) is 0 Å². The smallest absolute Gasteiger partial charge is 0.136 e. The lowest BCUT2D eigenvalue weighted by Crippen LogP contribution is -2.29. The number of nitriles is 2. The van der Waals surface area contributed by atoms with Crippen molar-refractivity contribution in [2.24, 2.45) is 0 Å². The minimum absolute atomic E-state index is 0.463. The van der Waals surface area contributed by atoms with Crippen molar-refractivity contribution in [3.05, 3.63) is 0 Å². The molecule has 0 aliphatic heterocycles. The lowest BCUT2D eigenvalue weighted by atomic mass is 10.1. The van der Waals surface area contributed by atoms with Gasteiger partial charge in [0.25, 0.3) is 0 Å². The lowest BCUT2D eigenvalue weighted by Gasteiger charge is -2.22. The Morgan fingerprint density at radius 1 is 0.769 bits per heavy atom. The Bertz CT molecular complexity index is 394. The van der Waals surface area contributed by atoms with E-state index in [0.29, 0.717) is 25.9 Å². The van der Waals surface area contributed by atoms with Crippen LogP contribution in [0.5, 0.6) is 0 Å². The van der Waals surface area contributed by atoms with Crippen molar-refractivity contribution >= 4 is 28.3 Å². The second kappa shape index (κ2) is 20.5. The van der Waals surface area contributed by atoms with E-state index in [1.54, 1.807) is 11.8 Å². The third kappa shape index (κ3) is 16.7. The molecule has 0 aliphatic rings. The SMILES string of the molecule is CCCCCCCCCCCCCCSC(=S)N(CCC#N)CCC#N. The van der Waals surface area contributed by atoms with Crippen LogP contribution in [-0.2, 0) is 0 Å². The van der Waals surface area contributed by atoms with Gasteiger partial charge in [0, 0.05) is 18.8 Å². The highest BCUT2D eigenvalue weighted by atomic mass is 32.2. The molecule has 0 saturated carbocycles. The molecule has 0 aromatic heterocycles. The molecule has 26 heavy (non-hydrogen) atoms. The van der Waals surface area contributed by atoms with Crippen molar-refractivity contribution in [3.63, 3.8) is 0 Å². The minimum Gasteiger partial charge on any atom is -0.355 e. The molecule has 0 rings (SSSR count). The van der Waals surface area contributed by atoms with Crippen molar-refractivity contribution in [1.82, 2.24) is 4.90 Å². The molecule has 0 radical (unpaired) electrons. The van der Waals surface area contributed by atoms with Gasteiger partial charge in [-0.25, -0.2) is 0 Å². The Balaban J connectivity index is 3.50. The Morgan fingerprint density at radius 2 is 1.19 bits per heavy atom. The number of hydrogen-bond acceptors (Lipinski definition) is 4. The molecular formula is C21H37N3S2. The third-order valence-corrected chi connectivity index (χ3v) is 6.08. The average Bonchev–Trinajstić information content (AvgIpc) is 2.65. The number of nitrogens with zero attached hydrogens (tertiary/aromatic N) is 3. The molecule has 0 unspecified atom stereocenters. The molecule has 0 bridgehead atoms. The summed E-state index contributed by atoms with van der Waals surface area (Å²) in [5, 5.41) is 17.5. The summed E-state index contributed by atoms with van der Waals surface area (Å²) in [5.74, 6) is 1.05. The standard InChI is InChI=1S/C21H37N3S2/c1-2-3-4-5-6-7-8-9-10-11-12-13-20-26-21(25)24(18-14-16-22)19-15-17-23/h2-15,18-20H2,1H3. The van der Waals surface area contributed by atoms with Crippen molar-refractivity contribution in [2.45, 2.75) is 96.8 Å². The molecule has 0 fully saturated rings. The highest BCUT2D eigenvalue weighted by Crippen LogP contribution is 2.16. The summed E-state index contributed by atoms with van der Waals surface area (Å²) >= 11 is 7.16. The molecule has 148 valence electrons. The fraction of sp³-hybridized carbons (Fsp3) is 0.857. The van der Waals surface area contributed by atoms with Gasteiger partial charge in [-0.2, -0.15) is 10.5 Å². The molecule has 0 spiro atoms. The molecule has 3 nitrogen and oxygen atoms in total. The summed E-state index contributed by atoms with van der Waals surface area (Å²) in [6.07, 6.45) is 17.3. The van der Waals surface area contributed by atoms with Gasteiger partial charge in [0.05, 0.1) is 25.0 Å². The van der Waals surface area contributed by atoms with Crippen LogP contribution >= 0.6 is 24.0 Å². The molecular weight excluding hydrogens is 358 g/mol. The molecule has 5 heteroatoms. The van der Waals surface area contributed by atoms with Gasteiger partial charge in [0.1, 0.15) is 4.32 Å². The maximum Gasteiger partial charge on any atom is 0.136 e. The Hall–Kier alpha value is -0.780. The number of unbranched alkanes of at least 4 members (excludes halogenated alkanes) is 11. The fourth-order valence-electron chi connectivity index (χ4n) is 2.86. The number of thiocarbonyl (C=S) groups is 1. The molecule has 0 saturated heterocycles. The van der Waals surface area contributed by atoms with Gasteiger partial charge in [-0.05, 0) is 6.42 Å². The normalized spacial score (nSPS) is 10.3. The summed E-state index contributed by atoms with van der Waals surface area (Å²) in [7, 11) is 0. The van der Waals surface area contributed by atoms with Crippen molar-refractivity contribution in [2.75, 3.05) is 18.8 Å². The monoisotopic (exact) mass is 395 g/mol. The van der Waals surface area contributed by atoms with E-state index in [2.05, 4.69) is 19.1 Å². The Morgan fingerprint density at radius 3 is 1.62 bits per heavy atom. The zero-order chi connectivity index (χ0) is 19.3. The summed E-state index contributed by atoms with van der Waals surface area (Å²) in [5.41, 5.74) is 0. The molecule has 0 aliphatic carbocycles. The highest BCUT2D eigenvalue weighted by Gasteiger charge is 2.09. The van der Waals surface area contributed by atoms with Gasteiger partial charge in [-0.1, -0.05) is 102 Å². The van der Waals surface area contributed by atoms with Crippen LogP contribution in [0, 0.1) is 22.7 Å². The van der Waals surface area contributed by atoms with Crippen molar-refractivity contribution in [1.29, 1.82) is 10.5 Å². The van der Waals surface area contributed by atoms with Crippen molar-refractivity contribution in [3.8, 4) is 12.1 Å². The van der Waals surface area contributed by atoms with Gasteiger partial charge in [-0.15, -0.1) is 0 Å². The van der Waals surface area contributed by atoms with Crippen LogP contribution in [0.3, 0.4) is 0 Å². The molecule has 0 atom stereocenters. The third-order valence-electron chi connectivity index (χ3n) is 4.47. The van der Waals surface area contributed by atoms with Crippen LogP contribution < -0.4 is 0 Å². The van der Waals surface area contributed by atoms with Gasteiger partial charge >= 0.3 is 0 Å². The van der Waals surface area contributed by atoms with E-state index in [1.807, 2.05) is 4.90 Å². The maximum atomic E-state index is 8.73. The number of hydrogen-bond donors (Lipinski definition) is 0. The van der Waals surface area contributed by atoms with Crippen molar-refractivity contribution < 1.29 is 0 Å². The van der Waals surface area contributed by atoms with Gasteiger partial charge in [0.15, 0.2) is 0 Å². The summed E-state index contributed by atoms with van der Waals surface area (Å²) in [6.45, 7) is 3.55. The average molecular weight is 396 g/mol. The molecule has 0 aromatic rings. The summed E-state index contributed by atoms with van der Waals surface area (Å²) < 4.78 is 0.846. The van der Waals surface area contributed by atoms with E-state index >= 15 is 0 Å². The van der Waals surface area contributed by atoms with Crippen LogP contribution in [0.15, 0.2) is 0 Å². The van der Waals surface area contributed by atoms with E-state index in [0.717, 1.165) is 10.1 Å². The van der Waals surface area contributed by atoms with E-state index in [-0.39, 0.29) is 0 Å². The van der Waals surface area contributed by atoms with Gasteiger partial charge in [-0.3, -0.25) is 0 Å². The first kappa shape index (κ1) is 25.2. The first-order chi connectivity index (χ1) is 12.8. The molecule has 0 N–H and O–H groups in total. The predicted molar refractivity (Wildman–Crippen MR) is 118 cm³/mol. The largest absolute Gasteiger partial charge is 0.355 e. The first-order valence-corrected chi connectivity index (χ1v) is 11.8. The maximum absolute atomic E-state index is 8.73. The predicted octanol–water partition coefficient (Wildman–Crippen LogP) is 6.83. The summed E-state index contributed by atoms with van der Waals surface area (Å²) in [6, 6.07) is 4.31. The summed E-state index contributed by atoms with van der Waals surface area (Å²) in [4.78, 5) is 2.01. The first-order valence-electron chi connectivity index (χ1n) is 10.4. The Labute approximate surface area is 171 Å². The zero-order valence-electron chi connectivity index (χ0n) is 16.7. The van der Waals surface area contributed by atoms with Crippen LogP contribution in [-0.4, -0.2) is 28.1 Å². The fourth-order valence-corrected chi connectivity index (χ4v) is 4.18. The van der Waals surface area contributed by atoms with Crippen LogP contribution in [0.4, 0.5) is 0 Å². The topological polar surface area (TPSA) is 50.8 Å². The van der Waals surface area contributed by atoms with E-state index in [4.69, 9.17) is 22.7 Å². The van der Waals surface area contributed by atoms with Gasteiger partial charge < -0.3 is 4.90 Å². The van der Waals surface area contributed by atoms with E-state index < -0.39 is 0 Å². The number of rotatable bonds is 17. The highest BCUT2D eigenvalue weighted by molar-refractivity contribution is 8.22. The van der Waals surface area contributed by atoms with Crippen LogP contribution in [0.25, 0.3) is 0 Å². The molecule has 0 heterocycles. The molecule has 0 aromatic carbocycles. The van der Waals surface area contributed by atoms with E-state index in [9.17, 15) is 0 Å². The number of thioether (sulfide) groups is 1. The second-order valence-electron chi connectivity index (χ2n) is 6.81. The minimum atomic E-state index is 0.463. The van der Waals surface area contributed by atoms with Crippen LogP contribution in [0.1, 0.15) is 96.8 Å². The van der Waals surface area contributed by atoms with E-state index in [1.165, 1.54) is 77.0 Å².